The molecule has 1 amide bonds. The first-order chi connectivity index (χ1) is 14.5. The number of aliphatic hydroxyl groups is 1. The highest BCUT2D eigenvalue weighted by Gasteiger charge is 2.09. The largest absolute Gasteiger partial charge is 0.490 e. The quantitative estimate of drug-likeness (QED) is 0.186. The van der Waals surface area contributed by atoms with E-state index >= 15 is 0 Å². The van der Waals surface area contributed by atoms with Crippen LogP contribution in [-0.2, 0) is 9.63 Å². The van der Waals surface area contributed by atoms with Gasteiger partial charge < -0.3 is 30.3 Å². The number of H-pyrrole nitrogens is 1. The minimum atomic E-state index is -0.864. The number of aromatic nitrogens is 1. The van der Waals surface area contributed by atoms with Gasteiger partial charge in [0.05, 0.1) is 11.3 Å². The second kappa shape index (κ2) is 12.5. The second-order valence-corrected chi connectivity index (χ2v) is 7.25. The van der Waals surface area contributed by atoms with Crippen molar-refractivity contribution in [1.82, 2.24) is 15.6 Å². The Morgan fingerprint density at radius 2 is 2.27 bits per heavy atom. The molecule has 0 aliphatic carbocycles. The summed E-state index contributed by atoms with van der Waals surface area (Å²) in [6, 6.07) is 9.16. The molecule has 30 heavy (non-hydrogen) atoms. The molecule has 1 unspecified atom stereocenters. The zero-order valence-electron chi connectivity index (χ0n) is 16.1. The van der Waals surface area contributed by atoms with Crippen LogP contribution in [0.2, 0.25) is 0 Å². The van der Waals surface area contributed by atoms with Gasteiger partial charge in [-0.15, -0.1) is 10.1 Å². The molecule has 1 aromatic carbocycles. The number of hydrogen-bond acceptors (Lipinski definition) is 9. The van der Waals surface area contributed by atoms with E-state index in [1.54, 1.807) is 18.2 Å². The van der Waals surface area contributed by atoms with Gasteiger partial charge in [-0.3, -0.25) is 4.79 Å². The van der Waals surface area contributed by atoms with Crippen molar-refractivity contribution in [3.05, 3.63) is 40.1 Å². The maximum Gasteiger partial charge on any atom is 0.294 e. The molecule has 2 rings (SSSR count). The van der Waals surface area contributed by atoms with Crippen LogP contribution in [0.25, 0.3) is 10.9 Å². The van der Waals surface area contributed by atoms with E-state index in [1.807, 2.05) is 12.1 Å². The number of carbonyl (C=O) groups excluding carboxylic acids is 1. The molecule has 11 nitrogen and oxygen atoms in total. The monoisotopic (exact) mass is 437 g/mol. The van der Waals surface area contributed by atoms with E-state index in [1.165, 1.54) is 11.8 Å². The van der Waals surface area contributed by atoms with Crippen LogP contribution in [0.5, 0.6) is 5.75 Å². The molecule has 2 aromatic rings. The average molecular weight is 437 g/mol. The summed E-state index contributed by atoms with van der Waals surface area (Å²) in [5.74, 6) is 0.948. The Labute approximate surface area is 176 Å². The topological polar surface area (TPSA) is 163 Å². The highest BCUT2D eigenvalue weighted by atomic mass is 32.2. The number of nitrogens with one attached hydrogen (secondary N) is 3. The van der Waals surface area contributed by atoms with E-state index in [9.17, 15) is 20.0 Å². The highest BCUT2D eigenvalue weighted by molar-refractivity contribution is 7.99. The molecule has 1 atom stereocenters. The van der Waals surface area contributed by atoms with Gasteiger partial charge in [0.2, 0.25) is 5.91 Å². The van der Waals surface area contributed by atoms with Gasteiger partial charge in [0.25, 0.3) is 5.09 Å². The van der Waals surface area contributed by atoms with Crippen LogP contribution in [0.4, 0.5) is 0 Å². The Kier molecular flexibility index (Phi) is 9.72. The molecule has 0 aliphatic rings. The summed E-state index contributed by atoms with van der Waals surface area (Å²) in [5.41, 5.74) is 1.23. The number of aliphatic hydroxyl groups excluding tert-OH is 1. The number of thioether (sulfide) groups is 1. The fourth-order valence-electron chi connectivity index (χ4n) is 2.50. The molecule has 1 heterocycles. The molecule has 0 fully saturated rings. The zero-order chi connectivity index (χ0) is 21.8. The fraction of sp³-hybridized carbons (Fsp3) is 0.444. The number of benzene rings is 1. The zero-order valence-corrected chi connectivity index (χ0v) is 16.9. The van der Waals surface area contributed by atoms with Crippen LogP contribution < -0.4 is 15.4 Å². The van der Waals surface area contributed by atoms with Crippen LogP contribution in [-0.4, -0.2) is 71.5 Å². The number of carbonyl (C=O) groups is 1. The molecule has 162 valence electrons. The lowest BCUT2D eigenvalue weighted by molar-refractivity contribution is -0.756. The van der Waals surface area contributed by atoms with Crippen molar-refractivity contribution in [3.63, 3.8) is 0 Å². The Balaban J connectivity index is 1.56. The lowest BCUT2D eigenvalue weighted by atomic mass is 10.2. The van der Waals surface area contributed by atoms with Gasteiger partial charge in [0, 0.05) is 30.8 Å². The number of ether oxygens (including phenoxy) is 1. The van der Waals surface area contributed by atoms with Gasteiger partial charge in [0.15, 0.2) is 0 Å². The molecule has 0 saturated carbocycles. The number of hydrogen-bond donors (Lipinski definition) is 4. The van der Waals surface area contributed by atoms with Crippen molar-refractivity contribution < 1.29 is 24.6 Å². The molecule has 0 saturated heterocycles. The predicted octanol–water partition coefficient (Wildman–Crippen LogP) is 0.427. The van der Waals surface area contributed by atoms with E-state index in [-0.39, 0.29) is 31.4 Å². The summed E-state index contributed by atoms with van der Waals surface area (Å²) in [6.07, 6.45) is -0.748. The van der Waals surface area contributed by atoms with Crippen LogP contribution in [0.3, 0.4) is 0 Å². The summed E-state index contributed by atoms with van der Waals surface area (Å²) in [7, 11) is 0. The lowest BCUT2D eigenvalue weighted by Gasteiger charge is -2.14. The first-order valence-electron chi connectivity index (χ1n) is 9.14. The smallest absolute Gasteiger partial charge is 0.294 e. The number of nitriles is 1. The summed E-state index contributed by atoms with van der Waals surface area (Å²) >= 11 is 1.24. The van der Waals surface area contributed by atoms with Gasteiger partial charge in [0.1, 0.15) is 36.8 Å². The first kappa shape index (κ1) is 23.3. The summed E-state index contributed by atoms with van der Waals surface area (Å²) < 4.78 is 5.67. The SMILES string of the molecule is N#Cc1cc2c(OCC(O)CNCCNC(=O)CSCCO[N+](=O)[O-])cccc2[nH]1. The van der Waals surface area contributed by atoms with Gasteiger partial charge in [-0.1, -0.05) is 6.07 Å². The number of nitrogens with zero attached hydrogens (tertiary/aromatic N) is 2. The molecule has 0 bridgehead atoms. The molecule has 0 spiro atoms. The molecule has 0 radical (unpaired) electrons. The third-order valence-corrected chi connectivity index (χ3v) is 4.76. The van der Waals surface area contributed by atoms with Crippen LogP contribution in [0.1, 0.15) is 5.69 Å². The Bertz CT molecular complexity index is 884. The number of rotatable bonds is 14. The molecule has 1 aromatic heterocycles. The van der Waals surface area contributed by atoms with Crippen molar-refractivity contribution >= 4 is 28.6 Å². The Morgan fingerprint density at radius 1 is 1.43 bits per heavy atom. The van der Waals surface area contributed by atoms with Crippen LogP contribution in [0.15, 0.2) is 24.3 Å². The standard InChI is InChI=1S/C18H23N5O6S/c19-9-13-8-15-16(22-13)2-1-3-17(15)28-11-14(24)10-20-4-5-21-18(25)12-30-7-6-29-23(26)27/h1-3,8,14,20,22,24H,4-7,10-12H2,(H,21,25). The molecule has 12 heteroatoms. The van der Waals surface area contributed by atoms with Crippen LogP contribution in [0, 0.1) is 21.4 Å². The van der Waals surface area contributed by atoms with Gasteiger partial charge in [-0.05, 0) is 18.2 Å². The maximum absolute atomic E-state index is 11.6. The van der Waals surface area contributed by atoms with E-state index in [0.717, 1.165) is 10.9 Å². The molecular formula is C18H23N5O6S. The Hall–Kier alpha value is -3.01. The van der Waals surface area contributed by atoms with E-state index in [0.29, 0.717) is 30.3 Å². The normalized spacial score (nSPS) is 11.6. The van der Waals surface area contributed by atoms with E-state index < -0.39 is 11.2 Å². The van der Waals surface area contributed by atoms with Crippen LogP contribution >= 0.6 is 11.8 Å². The lowest BCUT2D eigenvalue weighted by Crippen LogP contribution is -2.37. The molecule has 4 N–H and O–H groups in total. The highest BCUT2D eigenvalue weighted by Crippen LogP contribution is 2.26. The third kappa shape index (κ3) is 8.16. The van der Waals surface area contributed by atoms with Crippen molar-refractivity contribution in [1.29, 1.82) is 5.26 Å². The fourth-order valence-corrected chi connectivity index (χ4v) is 3.13. The number of fused-ring (bicyclic) bond motifs is 1. The minimum Gasteiger partial charge on any atom is -0.490 e. The third-order valence-electron chi connectivity index (χ3n) is 3.84. The summed E-state index contributed by atoms with van der Waals surface area (Å²) in [5, 5.41) is 34.6. The Morgan fingerprint density at radius 3 is 3.03 bits per heavy atom. The number of amides is 1. The van der Waals surface area contributed by atoms with Gasteiger partial charge >= 0.3 is 0 Å². The van der Waals surface area contributed by atoms with Crippen molar-refractivity contribution in [2.45, 2.75) is 6.10 Å². The minimum absolute atomic E-state index is 0.0511. The van der Waals surface area contributed by atoms with E-state index in [4.69, 9.17) is 10.00 Å². The molecular weight excluding hydrogens is 414 g/mol. The molecule has 0 aliphatic heterocycles. The number of aromatic amines is 1. The summed E-state index contributed by atoms with van der Waals surface area (Å²) in [4.78, 5) is 28.7. The van der Waals surface area contributed by atoms with Crippen molar-refractivity contribution in [3.8, 4) is 11.8 Å². The summed E-state index contributed by atoms with van der Waals surface area (Å²) in [6.45, 7) is 1.17. The van der Waals surface area contributed by atoms with Gasteiger partial charge in [-0.2, -0.15) is 17.0 Å². The van der Waals surface area contributed by atoms with E-state index in [2.05, 4.69) is 20.5 Å². The average Bonchev–Trinajstić information content (AvgIpc) is 3.15. The maximum atomic E-state index is 11.6. The van der Waals surface area contributed by atoms with Gasteiger partial charge in [-0.25, -0.2) is 0 Å². The second-order valence-electron chi connectivity index (χ2n) is 6.14. The van der Waals surface area contributed by atoms with Crippen molar-refractivity contribution in [2.75, 3.05) is 44.4 Å². The van der Waals surface area contributed by atoms with Crippen molar-refractivity contribution in [2.24, 2.45) is 0 Å². The predicted molar refractivity (Wildman–Crippen MR) is 111 cm³/mol. The first-order valence-corrected chi connectivity index (χ1v) is 10.3.